The lowest BCUT2D eigenvalue weighted by Crippen LogP contribution is -2.31. The molecule has 0 aliphatic heterocycles. The Kier molecular flexibility index (Phi) is 4.00. The van der Waals surface area contributed by atoms with E-state index in [0.717, 1.165) is 5.56 Å². The van der Waals surface area contributed by atoms with E-state index in [1.807, 2.05) is 16.8 Å². The molecular formula is C12H11F3N2S. The summed E-state index contributed by atoms with van der Waals surface area (Å²) < 4.78 is 40.0. The highest BCUT2D eigenvalue weighted by atomic mass is 32.1. The van der Waals surface area contributed by atoms with Crippen LogP contribution < -0.4 is 11.3 Å². The second-order valence-corrected chi connectivity index (χ2v) is 4.62. The number of halogens is 3. The number of hydrogen-bond acceptors (Lipinski definition) is 3. The zero-order valence-electron chi connectivity index (χ0n) is 9.29. The number of benzene rings is 1. The summed E-state index contributed by atoms with van der Waals surface area (Å²) in [6, 6.07) is 2.40. The van der Waals surface area contributed by atoms with Crippen LogP contribution in [-0.2, 0) is 6.42 Å². The normalized spacial score (nSPS) is 12.7. The Bertz CT molecular complexity index is 505. The third kappa shape index (κ3) is 2.72. The summed E-state index contributed by atoms with van der Waals surface area (Å²) in [5.74, 6) is 2.50. The summed E-state index contributed by atoms with van der Waals surface area (Å²) >= 11 is 1.48. The first-order valence-electron chi connectivity index (χ1n) is 5.23. The van der Waals surface area contributed by atoms with Crippen molar-refractivity contribution in [1.29, 1.82) is 0 Å². The maximum absolute atomic E-state index is 13.6. The van der Waals surface area contributed by atoms with Crippen LogP contribution in [0, 0.1) is 17.5 Å². The van der Waals surface area contributed by atoms with Crippen molar-refractivity contribution in [2.24, 2.45) is 5.84 Å². The van der Waals surface area contributed by atoms with Gasteiger partial charge in [-0.05, 0) is 28.8 Å². The van der Waals surface area contributed by atoms with Crippen LogP contribution in [0.1, 0.15) is 17.2 Å². The first-order chi connectivity index (χ1) is 8.61. The van der Waals surface area contributed by atoms with Crippen LogP contribution >= 0.6 is 11.3 Å². The van der Waals surface area contributed by atoms with Crippen molar-refractivity contribution in [2.75, 3.05) is 0 Å². The topological polar surface area (TPSA) is 38.0 Å². The SMILES string of the molecule is NNC(Cc1ccsc1)c1c(F)cc(F)cc1F. The van der Waals surface area contributed by atoms with Crippen LogP contribution in [0.25, 0.3) is 0 Å². The van der Waals surface area contributed by atoms with Crippen molar-refractivity contribution in [3.63, 3.8) is 0 Å². The van der Waals surface area contributed by atoms with E-state index in [0.29, 0.717) is 18.6 Å². The van der Waals surface area contributed by atoms with E-state index in [9.17, 15) is 13.2 Å². The quantitative estimate of drug-likeness (QED) is 0.663. The number of nitrogens with two attached hydrogens (primary N) is 1. The molecule has 3 N–H and O–H groups in total. The Morgan fingerprint density at radius 2 is 1.89 bits per heavy atom. The highest BCUT2D eigenvalue weighted by Gasteiger charge is 2.21. The van der Waals surface area contributed by atoms with Gasteiger partial charge in [-0.3, -0.25) is 11.3 Å². The minimum absolute atomic E-state index is 0.245. The predicted octanol–water partition coefficient (Wildman–Crippen LogP) is 2.91. The summed E-state index contributed by atoms with van der Waals surface area (Å²) in [6.07, 6.45) is 0.333. The molecule has 0 amide bonds. The molecule has 2 aromatic rings. The van der Waals surface area contributed by atoms with Crippen molar-refractivity contribution in [1.82, 2.24) is 5.43 Å². The molecule has 0 aliphatic rings. The summed E-state index contributed by atoms with van der Waals surface area (Å²) in [5.41, 5.74) is 3.02. The Labute approximate surface area is 106 Å². The molecule has 1 unspecified atom stereocenters. The summed E-state index contributed by atoms with van der Waals surface area (Å²) in [5, 5.41) is 3.73. The monoisotopic (exact) mass is 272 g/mol. The lowest BCUT2D eigenvalue weighted by atomic mass is 10.00. The van der Waals surface area contributed by atoms with Gasteiger partial charge in [-0.25, -0.2) is 13.2 Å². The first kappa shape index (κ1) is 13.1. The van der Waals surface area contributed by atoms with Crippen LogP contribution in [0.2, 0.25) is 0 Å². The highest BCUT2D eigenvalue weighted by Crippen LogP contribution is 2.25. The van der Waals surface area contributed by atoms with Crippen LogP contribution in [0.15, 0.2) is 29.0 Å². The molecule has 6 heteroatoms. The average molecular weight is 272 g/mol. The molecule has 1 aromatic carbocycles. The smallest absolute Gasteiger partial charge is 0.133 e. The molecule has 0 saturated carbocycles. The lowest BCUT2D eigenvalue weighted by Gasteiger charge is -2.17. The van der Waals surface area contributed by atoms with Gasteiger partial charge in [-0.15, -0.1) is 0 Å². The molecule has 0 radical (unpaired) electrons. The molecular weight excluding hydrogens is 261 g/mol. The minimum atomic E-state index is -0.944. The van der Waals surface area contributed by atoms with Gasteiger partial charge >= 0.3 is 0 Å². The van der Waals surface area contributed by atoms with Crippen LogP contribution in [-0.4, -0.2) is 0 Å². The summed E-state index contributed by atoms with van der Waals surface area (Å²) in [6.45, 7) is 0. The van der Waals surface area contributed by atoms with E-state index < -0.39 is 23.5 Å². The summed E-state index contributed by atoms with van der Waals surface area (Å²) in [7, 11) is 0. The van der Waals surface area contributed by atoms with E-state index in [-0.39, 0.29) is 5.56 Å². The van der Waals surface area contributed by atoms with E-state index in [2.05, 4.69) is 5.43 Å². The van der Waals surface area contributed by atoms with Crippen LogP contribution in [0.5, 0.6) is 0 Å². The molecule has 2 rings (SSSR count). The van der Waals surface area contributed by atoms with Gasteiger partial charge < -0.3 is 0 Å². The minimum Gasteiger partial charge on any atom is -0.271 e. The van der Waals surface area contributed by atoms with Crippen molar-refractivity contribution in [2.45, 2.75) is 12.5 Å². The number of nitrogens with one attached hydrogen (secondary N) is 1. The van der Waals surface area contributed by atoms with Gasteiger partial charge in [0, 0.05) is 17.7 Å². The zero-order valence-corrected chi connectivity index (χ0v) is 10.1. The van der Waals surface area contributed by atoms with E-state index in [4.69, 9.17) is 5.84 Å². The van der Waals surface area contributed by atoms with Crippen LogP contribution in [0.4, 0.5) is 13.2 Å². The van der Waals surface area contributed by atoms with Crippen molar-refractivity contribution in [3.05, 3.63) is 57.5 Å². The zero-order chi connectivity index (χ0) is 13.1. The van der Waals surface area contributed by atoms with E-state index in [1.54, 1.807) is 0 Å². The fourth-order valence-electron chi connectivity index (χ4n) is 1.78. The highest BCUT2D eigenvalue weighted by molar-refractivity contribution is 7.07. The van der Waals surface area contributed by atoms with Gasteiger partial charge in [-0.2, -0.15) is 11.3 Å². The maximum Gasteiger partial charge on any atom is 0.133 e. The summed E-state index contributed by atoms with van der Waals surface area (Å²) in [4.78, 5) is 0. The van der Waals surface area contributed by atoms with Gasteiger partial charge in [0.15, 0.2) is 0 Å². The Hall–Kier alpha value is -1.37. The van der Waals surface area contributed by atoms with E-state index >= 15 is 0 Å². The fraction of sp³-hybridized carbons (Fsp3) is 0.167. The number of hydrazine groups is 1. The third-order valence-electron chi connectivity index (χ3n) is 2.61. The lowest BCUT2D eigenvalue weighted by molar-refractivity contribution is 0.462. The average Bonchev–Trinajstić information content (AvgIpc) is 2.79. The van der Waals surface area contributed by atoms with Crippen molar-refractivity contribution >= 4 is 11.3 Å². The maximum atomic E-state index is 13.6. The van der Waals surface area contributed by atoms with Crippen molar-refractivity contribution < 1.29 is 13.2 Å². The number of rotatable bonds is 4. The van der Waals surface area contributed by atoms with Gasteiger partial charge in [0.2, 0.25) is 0 Å². The molecule has 0 spiro atoms. The predicted molar refractivity (Wildman–Crippen MR) is 64.4 cm³/mol. The second kappa shape index (κ2) is 5.51. The Morgan fingerprint density at radius 1 is 1.22 bits per heavy atom. The van der Waals surface area contributed by atoms with Gasteiger partial charge in [0.1, 0.15) is 17.5 Å². The van der Waals surface area contributed by atoms with Gasteiger partial charge in [-0.1, -0.05) is 0 Å². The third-order valence-corrected chi connectivity index (χ3v) is 3.35. The molecule has 1 atom stereocenters. The molecule has 1 aromatic heterocycles. The number of thiophene rings is 1. The second-order valence-electron chi connectivity index (χ2n) is 3.84. The van der Waals surface area contributed by atoms with Crippen LogP contribution in [0.3, 0.4) is 0 Å². The van der Waals surface area contributed by atoms with Gasteiger partial charge in [0.25, 0.3) is 0 Å². The molecule has 18 heavy (non-hydrogen) atoms. The van der Waals surface area contributed by atoms with Gasteiger partial charge in [0.05, 0.1) is 6.04 Å². The molecule has 0 bridgehead atoms. The molecule has 96 valence electrons. The first-order valence-corrected chi connectivity index (χ1v) is 6.17. The van der Waals surface area contributed by atoms with E-state index in [1.165, 1.54) is 11.3 Å². The Morgan fingerprint density at radius 3 is 2.39 bits per heavy atom. The largest absolute Gasteiger partial charge is 0.271 e. The van der Waals surface area contributed by atoms with Crippen molar-refractivity contribution in [3.8, 4) is 0 Å². The molecule has 0 saturated heterocycles. The molecule has 1 heterocycles. The molecule has 0 aliphatic carbocycles. The number of hydrogen-bond donors (Lipinski definition) is 2. The molecule has 2 nitrogen and oxygen atoms in total. The Balaban J connectivity index is 2.33. The standard InChI is InChI=1S/C12H11F3N2S/c13-8-4-9(14)12(10(15)5-8)11(17-16)3-7-1-2-18-6-7/h1-2,4-6,11,17H,3,16H2. The fourth-order valence-corrected chi connectivity index (χ4v) is 2.46. The molecule has 0 fully saturated rings.